The number of benzene rings is 3. The zero-order chi connectivity index (χ0) is 36.5. The van der Waals surface area contributed by atoms with Crippen LogP contribution in [0.1, 0.15) is 43.0 Å². The average Bonchev–Trinajstić information content (AvgIpc) is 3.94. The first-order chi connectivity index (χ1) is 25.9. The molecule has 12 nitrogen and oxygen atoms in total. The highest BCUT2D eigenvalue weighted by atomic mass is 19.1. The number of nitrogens with zero attached hydrogens (tertiary/aromatic N) is 3. The van der Waals surface area contributed by atoms with Gasteiger partial charge in [0.1, 0.15) is 16.9 Å². The van der Waals surface area contributed by atoms with Crippen LogP contribution in [0, 0.1) is 5.82 Å². The van der Waals surface area contributed by atoms with Crippen molar-refractivity contribution in [3.05, 3.63) is 65.5 Å². The number of furan rings is 1. The van der Waals surface area contributed by atoms with Crippen LogP contribution in [0.3, 0.4) is 0 Å². The second-order valence-corrected chi connectivity index (χ2v) is 14.1. The molecule has 0 spiro atoms. The Hall–Kier alpha value is -4.98. The molecule has 53 heavy (non-hydrogen) atoms. The largest absolute Gasteiger partial charge is 0.456 e. The van der Waals surface area contributed by atoms with Gasteiger partial charge < -0.3 is 44.5 Å². The van der Waals surface area contributed by atoms with Gasteiger partial charge in [-0.05, 0) is 57.5 Å². The van der Waals surface area contributed by atoms with Crippen molar-refractivity contribution >= 4 is 56.6 Å². The standard InChI is InChI=1S/C40H45FN6O6/c1-2-26(40(50)46-17-19-51-20-18-46)38(49)29-21-30(41)37(47-15-10-25(24-47)43-35(48)9-11-42-12-16-45-13-5-6-14-45)39-36(29)44-31-23-33-28(22-34(31)53-39)27-7-3-4-8-32(27)52-33/h2-4,7-8,21-23,25,42,44H,5-6,9-20,24H2,1H3,(H,43,48)/b26-2+/t25-/m1/s1. The Balaban J connectivity index is 1.06. The molecule has 4 aromatic rings. The number of fused-ring (bicyclic) bond motifs is 5. The lowest BCUT2D eigenvalue weighted by molar-refractivity contribution is -0.130. The molecule has 3 N–H and O–H groups in total. The van der Waals surface area contributed by atoms with E-state index in [-0.39, 0.29) is 40.2 Å². The number of hydrogen-bond acceptors (Lipinski definition) is 10. The van der Waals surface area contributed by atoms with Gasteiger partial charge in [-0.2, -0.15) is 0 Å². The Bertz CT molecular complexity index is 2080. The maximum absolute atomic E-state index is 16.6. The number of amides is 2. The molecular weight excluding hydrogens is 679 g/mol. The van der Waals surface area contributed by atoms with Gasteiger partial charge in [0.2, 0.25) is 11.7 Å². The summed E-state index contributed by atoms with van der Waals surface area (Å²) in [5.41, 5.74) is 2.25. The molecule has 3 saturated heterocycles. The molecule has 3 aromatic carbocycles. The van der Waals surface area contributed by atoms with E-state index in [2.05, 4.69) is 20.9 Å². The Morgan fingerprint density at radius 3 is 2.60 bits per heavy atom. The lowest BCUT2D eigenvalue weighted by Gasteiger charge is -2.30. The molecule has 0 unspecified atom stereocenters. The third kappa shape index (κ3) is 7.08. The average molecular weight is 725 g/mol. The third-order valence-electron chi connectivity index (χ3n) is 10.7. The minimum atomic E-state index is -0.657. The van der Waals surface area contributed by atoms with Gasteiger partial charge in [-0.15, -0.1) is 0 Å². The maximum atomic E-state index is 16.6. The van der Waals surface area contributed by atoms with Crippen LogP contribution in [-0.4, -0.2) is 106 Å². The van der Waals surface area contributed by atoms with E-state index in [0.29, 0.717) is 81.4 Å². The lowest BCUT2D eigenvalue weighted by Crippen LogP contribution is -2.42. The van der Waals surface area contributed by atoms with E-state index in [1.807, 2.05) is 41.3 Å². The van der Waals surface area contributed by atoms with E-state index in [9.17, 15) is 14.4 Å². The quantitative estimate of drug-likeness (QED) is 0.0541. The van der Waals surface area contributed by atoms with Crippen molar-refractivity contribution in [3.63, 3.8) is 0 Å². The van der Waals surface area contributed by atoms with Crippen LogP contribution in [0.5, 0.6) is 11.5 Å². The molecule has 0 aliphatic carbocycles. The van der Waals surface area contributed by atoms with Crippen molar-refractivity contribution in [2.24, 2.45) is 0 Å². The van der Waals surface area contributed by atoms with E-state index in [1.165, 1.54) is 25.0 Å². The van der Waals surface area contributed by atoms with Crippen LogP contribution in [0.15, 0.2) is 58.5 Å². The number of carbonyl (C=O) groups excluding carboxylic acids is 3. The van der Waals surface area contributed by atoms with Gasteiger partial charge in [0, 0.05) is 75.1 Å². The van der Waals surface area contributed by atoms with Crippen LogP contribution in [0.25, 0.3) is 21.9 Å². The zero-order valence-electron chi connectivity index (χ0n) is 30.0. The number of ether oxygens (including phenoxy) is 2. The van der Waals surface area contributed by atoms with E-state index >= 15 is 4.39 Å². The van der Waals surface area contributed by atoms with Gasteiger partial charge in [0.05, 0.1) is 35.7 Å². The van der Waals surface area contributed by atoms with Gasteiger partial charge in [0.25, 0.3) is 5.91 Å². The molecule has 0 saturated carbocycles. The molecule has 0 bridgehead atoms. The Labute approximate surface area is 307 Å². The van der Waals surface area contributed by atoms with E-state index in [4.69, 9.17) is 13.9 Å². The fourth-order valence-corrected chi connectivity index (χ4v) is 7.88. The Kier molecular flexibility index (Phi) is 10.0. The van der Waals surface area contributed by atoms with Gasteiger partial charge in [-0.1, -0.05) is 24.3 Å². The minimum absolute atomic E-state index is 0.0207. The van der Waals surface area contributed by atoms with Gasteiger partial charge >= 0.3 is 0 Å². The summed E-state index contributed by atoms with van der Waals surface area (Å²) >= 11 is 0. The number of likely N-dealkylation sites (tertiary alicyclic amines) is 1. The van der Waals surface area contributed by atoms with Crippen LogP contribution in [0.4, 0.5) is 21.5 Å². The third-order valence-corrected chi connectivity index (χ3v) is 10.7. The minimum Gasteiger partial charge on any atom is -0.456 e. The maximum Gasteiger partial charge on any atom is 0.257 e. The number of allylic oxidation sites excluding steroid dienone is 1. The van der Waals surface area contributed by atoms with Crippen molar-refractivity contribution in [2.45, 2.75) is 38.6 Å². The molecule has 0 radical (unpaired) electrons. The summed E-state index contributed by atoms with van der Waals surface area (Å²) < 4.78 is 34.6. The van der Waals surface area contributed by atoms with Gasteiger partial charge in [-0.25, -0.2) is 4.39 Å². The smallest absolute Gasteiger partial charge is 0.257 e. The van der Waals surface area contributed by atoms with Crippen molar-refractivity contribution in [3.8, 4) is 11.5 Å². The second-order valence-electron chi connectivity index (χ2n) is 14.1. The summed E-state index contributed by atoms with van der Waals surface area (Å²) in [5, 5.41) is 11.6. The number of ketones is 1. The Morgan fingerprint density at radius 1 is 0.981 bits per heavy atom. The molecule has 1 atom stereocenters. The van der Waals surface area contributed by atoms with E-state index in [1.54, 1.807) is 11.8 Å². The number of nitrogens with one attached hydrogen (secondary N) is 3. The molecule has 1 aromatic heterocycles. The van der Waals surface area contributed by atoms with Crippen LogP contribution in [0.2, 0.25) is 0 Å². The number of Topliss-reactive ketones (excluding diaryl/α,β-unsaturated/α-hetero) is 1. The topological polar surface area (TPSA) is 129 Å². The van der Waals surface area contributed by atoms with Crippen LogP contribution < -0.4 is 25.6 Å². The van der Waals surface area contributed by atoms with Crippen molar-refractivity contribution in [2.75, 3.05) is 82.3 Å². The number of morpholine rings is 1. The van der Waals surface area contributed by atoms with Gasteiger partial charge in [0.15, 0.2) is 17.3 Å². The molecule has 5 heterocycles. The summed E-state index contributed by atoms with van der Waals surface area (Å²) in [5.74, 6) is -1.16. The van der Waals surface area contributed by atoms with Crippen LogP contribution >= 0.6 is 0 Å². The van der Waals surface area contributed by atoms with Crippen LogP contribution in [-0.2, 0) is 14.3 Å². The molecule has 3 fully saturated rings. The number of hydrogen-bond donors (Lipinski definition) is 3. The van der Waals surface area contributed by atoms with E-state index in [0.717, 1.165) is 37.0 Å². The summed E-state index contributed by atoms with van der Waals surface area (Å²) in [6, 6.07) is 12.4. The summed E-state index contributed by atoms with van der Waals surface area (Å²) in [6.07, 6.45) is 4.96. The summed E-state index contributed by atoms with van der Waals surface area (Å²) in [7, 11) is 0. The fraction of sp³-hybridized carbons (Fsp3) is 0.425. The highest BCUT2D eigenvalue weighted by Gasteiger charge is 2.36. The number of halogens is 1. The lowest BCUT2D eigenvalue weighted by atomic mass is 9.97. The second kappa shape index (κ2) is 15.2. The number of anilines is 3. The predicted molar refractivity (Wildman–Crippen MR) is 201 cm³/mol. The number of carbonyl (C=O) groups is 3. The molecule has 4 aliphatic heterocycles. The fourth-order valence-electron chi connectivity index (χ4n) is 7.88. The van der Waals surface area contributed by atoms with Crippen molar-refractivity contribution in [1.82, 2.24) is 20.4 Å². The van der Waals surface area contributed by atoms with Gasteiger partial charge in [-0.3, -0.25) is 14.4 Å². The zero-order valence-corrected chi connectivity index (χ0v) is 30.0. The molecule has 4 aliphatic rings. The normalized spacial score (nSPS) is 18.9. The van der Waals surface area contributed by atoms with E-state index < -0.39 is 17.5 Å². The first kappa shape index (κ1) is 35.1. The first-order valence-electron chi connectivity index (χ1n) is 18.7. The molecule has 8 rings (SSSR count). The Morgan fingerprint density at radius 2 is 1.79 bits per heavy atom. The number of rotatable bonds is 11. The predicted octanol–water partition coefficient (Wildman–Crippen LogP) is 5.33. The molecule has 278 valence electrons. The van der Waals surface area contributed by atoms with Crippen molar-refractivity contribution in [1.29, 1.82) is 0 Å². The monoisotopic (exact) mass is 724 g/mol. The SMILES string of the molecule is C/C=C(\C(=O)c1cc(F)c(N2CC[C@@H](NC(=O)CCNCCN3CCCC3)C2)c2c1Nc1cc3oc4ccccc4c3cc1O2)C(=O)N1CCOCC1. The first-order valence-corrected chi connectivity index (χ1v) is 18.7. The highest BCUT2D eigenvalue weighted by Crippen LogP contribution is 2.52. The number of para-hydroxylation sites is 1. The molecular formula is C40H45FN6O6. The summed E-state index contributed by atoms with van der Waals surface area (Å²) in [4.78, 5) is 46.5. The highest BCUT2D eigenvalue weighted by molar-refractivity contribution is 6.28. The molecule has 13 heteroatoms. The van der Waals surface area contributed by atoms with Crippen molar-refractivity contribution < 1.29 is 32.7 Å². The molecule has 2 amide bonds. The summed E-state index contributed by atoms with van der Waals surface area (Å²) in [6.45, 7) is 8.66.